The number of rotatable bonds is 1. The van der Waals surface area contributed by atoms with Crippen LogP contribution in [-0.4, -0.2) is 9.97 Å². The van der Waals surface area contributed by atoms with Crippen molar-refractivity contribution in [1.29, 1.82) is 0 Å². The van der Waals surface area contributed by atoms with Crippen LogP contribution in [0.2, 0.25) is 0 Å². The minimum Gasteiger partial charge on any atom is -0.321 e. The van der Waals surface area contributed by atoms with Crippen LogP contribution in [0.5, 0.6) is 0 Å². The van der Waals surface area contributed by atoms with Crippen molar-refractivity contribution in [1.82, 2.24) is 9.97 Å². The van der Waals surface area contributed by atoms with Gasteiger partial charge in [-0.3, -0.25) is 0 Å². The smallest absolute Gasteiger partial charge is 0.126 e. The molecule has 0 saturated heterocycles. The van der Waals surface area contributed by atoms with Crippen molar-refractivity contribution >= 4 is 10.9 Å². The molecule has 1 heterocycles. The highest BCUT2D eigenvalue weighted by molar-refractivity contribution is 5.81. The van der Waals surface area contributed by atoms with E-state index in [0.29, 0.717) is 0 Å². The predicted molar refractivity (Wildman–Crippen MR) is 61.5 cm³/mol. The van der Waals surface area contributed by atoms with E-state index in [4.69, 9.17) is 5.73 Å². The Balaban J connectivity index is 2.83. The van der Waals surface area contributed by atoms with Gasteiger partial charge in [0.25, 0.3) is 0 Å². The van der Waals surface area contributed by atoms with E-state index in [-0.39, 0.29) is 0 Å². The topological polar surface area (TPSA) is 51.8 Å². The summed E-state index contributed by atoms with van der Waals surface area (Å²) in [4.78, 5) is 8.82. The zero-order valence-corrected chi connectivity index (χ0v) is 9.28. The SMILES string of the molecule is Cc1nc(C(C)(C)N)c2ccccc2n1. The van der Waals surface area contributed by atoms with Crippen LogP contribution >= 0.6 is 0 Å². The molecule has 0 radical (unpaired) electrons. The molecule has 15 heavy (non-hydrogen) atoms. The molecule has 2 aromatic rings. The van der Waals surface area contributed by atoms with Gasteiger partial charge in [-0.25, -0.2) is 9.97 Å². The molecular weight excluding hydrogens is 186 g/mol. The molecule has 3 heteroatoms. The van der Waals surface area contributed by atoms with Crippen LogP contribution in [0, 0.1) is 6.92 Å². The minimum absolute atomic E-state index is 0.437. The second-order valence-electron chi connectivity index (χ2n) is 4.36. The first-order valence-electron chi connectivity index (χ1n) is 5.01. The van der Waals surface area contributed by atoms with Crippen molar-refractivity contribution in [2.24, 2.45) is 5.73 Å². The molecule has 0 aliphatic carbocycles. The third-order valence-electron chi connectivity index (χ3n) is 2.33. The number of nitrogens with two attached hydrogens (primary N) is 1. The van der Waals surface area contributed by atoms with Gasteiger partial charge in [-0.15, -0.1) is 0 Å². The number of hydrogen-bond acceptors (Lipinski definition) is 3. The summed E-state index contributed by atoms with van der Waals surface area (Å²) in [5.74, 6) is 0.766. The number of benzene rings is 1. The molecular formula is C12H15N3. The second-order valence-corrected chi connectivity index (χ2v) is 4.36. The van der Waals surface area contributed by atoms with Gasteiger partial charge in [-0.2, -0.15) is 0 Å². The summed E-state index contributed by atoms with van der Waals surface area (Å²) in [5, 5.41) is 1.04. The van der Waals surface area contributed by atoms with Gasteiger partial charge in [-0.1, -0.05) is 18.2 Å². The largest absolute Gasteiger partial charge is 0.321 e. The predicted octanol–water partition coefficient (Wildman–Crippen LogP) is 2.13. The fraction of sp³-hybridized carbons (Fsp3) is 0.333. The highest BCUT2D eigenvalue weighted by atomic mass is 14.9. The van der Waals surface area contributed by atoms with E-state index in [9.17, 15) is 0 Å². The fourth-order valence-electron chi connectivity index (χ4n) is 1.68. The van der Waals surface area contributed by atoms with E-state index in [1.165, 1.54) is 0 Å². The lowest BCUT2D eigenvalue weighted by Gasteiger charge is -2.20. The Hall–Kier alpha value is -1.48. The lowest BCUT2D eigenvalue weighted by Crippen LogP contribution is -2.30. The number of aryl methyl sites for hydroxylation is 1. The molecule has 2 N–H and O–H groups in total. The lowest BCUT2D eigenvalue weighted by atomic mass is 9.97. The van der Waals surface area contributed by atoms with Crippen LogP contribution in [0.25, 0.3) is 10.9 Å². The maximum absolute atomic E-state index is 6.10. The zero-order chi connectivity index (χ0) is 11.1. The van der Waals surface area contributed by atoms with Crippen LogP contribution in [0.3, 0.4) is 0 Å². The third-order valence-corrected chi connectivity index (χ3v) is 2.33. The number of fused-ring (bicyclic) bond motifs is 1. The molecule has 1 aromatic heterocycles. The molecule has 3 nitrogen and oxygen atoms in total. The molecule has 1 aromatic carbocycles. The molecule has 0 aliphatic rings. The van der Waals surface area contributed by atoms with Crippen molar-refractivity contribution in [3.8, 4) is 0 Å². The summed E-state index contributed by atoms with van der Waals surface area (Å²) < 4.78 is 0. The molecule has 0 saturated carbocycles. The van der Waals surface area contributed by atoms with Crippen LogP contribution < -0.4 is 5.73 Å². The highest BCUT2D eigenvalue weighted by Gasteiger charge is 2.19. The number of para-hydroxylation sites is 1. The molecule has 0 unspecified atom stereocenters. The number of hydrogen-bond donors (Lipinski definition) is 1. The molecule has 0 amide bonds. The number of nitrogens with zero attached hydrogens (tertiary/aromatic N) is 2. The van der Waals surface area contributed by atoms with E-state index in [1.807, 2.05) is 45.0 Å². The quantitative estimate of drug-likeness (QED) is 0.769. The van der Waals surface area contributed by atoms with Gasteiger partial charge >= 0.3 is 0 Å². The van der Waals surface area contributed by atoms with Crippen LogP contribution in [0.4, 0.5) is 0 Å². The first kappa shape index (κ1) is 10.1. The molecule has 0 atom stereocenters. The average molecular weight is 201 g/mol. The average Bonchev–Trinajstić information content (AvgIpc) is 2.15. The Labute approximate surface area is 89.4 Å². The van der Waals surface area contributed by atoms with Crippen LogP contribution in [-0.2, 0) is 5.54 Å². The van der Waals surface area contributed by atoms with E-state index >= 15 is 0 Å². The molecule has 78 valence electrons. The van der Waals surface area contributed by atoms with E-state index in [1.54, 1.807) is 0 Å². The van der Waals surface area contributed by atoms with Crippen molar-refractivity contribution in [2.75, 3.05) is 0 Å². The standard InChI is InChI=1S/C12H15N3/c1-8-14-10-7-5-4-6-9(10)11(15-8)12(2,3)13/h4-7H,13H2,1-3H3. The summed E-state index contributed by atoms with van der Waals surface area (Å²) in [6, 6.07) is 7.95. The maximum atomic E-state index is 6.10. The van der Waals surface area contributed by atoms with E-state index < -0.39 is 5.54 Å². The molecule has 0 bridgehead atoms. The Morgan fingerprint density at radius 1 is 1.13 bits per heavy atom. The van der Waals surface area contributed by atoms with E-state index in [2.05, 4.69) is 9.97 Å². The Bertz CT molecular complexity index is 498. The van der Waals surface area contributed by atoms with Gasteiger partial charge in [-0.05, 0) is 26.8 Å². The van der Waals surface area contributed by atoms with Gasteiger partial charge < -0.3 is 5.73 Å². The molecule has 0 fully saturated rings. The van der Waals surface area contributed by atoms with Gasteiger partial charge in [0.1, 0.15) is 5.82 Å². The summed E-state index contributed by atoms with van der Waals surface area (Å²) >= 11 is 0. The lowest BCUT2D eigenvalue weighted by molar-refractivity contribution is 0.538. The minimum atomic E-state index is -0.437. The van der Waals surface area contributed by atoms with Crippen molar-refractivity contribution in [3.63, 3.8) is 0 Å². The molecule has 2 rings (SSSR count). The van der Waals surface area contributed by atoms with Gasteiger partial charge in [0, 0.05) is 5.39 Å². The molecule has 0 aliphatic heterocycles. The third kappa shape index (κ3) is 1.83. The Kier molecular flexibility index (Phi) is 2.20. The Morgan fingerprint density at radius 3 is 2.47 bits per heavy atom. The van der Waals surface area contributed by atoms with Gasteiger partial charge in [0.15, 0.2) is 0 Å². The first-order chi connectivity index (χ1) is 6.98. The summed E-state index contributed by atoms with van der Waals surface area (Å²) in [6.07, 6.45) is 0. The first-order valence-corrected chi connectivity index (χ1v) is 5.01. The summed E-state index contributed by atoms with van der Waals surface area (Å²) in [7, 11) is 0. The summed E-state index contributed by atoms with van der Waals surface area (Å²) in [5.41, 5.74) is 7.53. The van der Waals surface area contributed by atoms with Gasteiger partial charge in [0.05, 0.1) is 16.7 Å². The fourth-order valence-corrected chi connectivity index (χ4v) is 1.68. The zero-order valence-electron chi connectivity index (χ0n) is 9.28. The van der Waals surface area contributed by atoms with Crippen molar-refractivity contribution in [3.05, 3.63) is 35.8 Å². The number of aromatic nitrogens is 2. The normalized spacial score (nSPS) is 12.0. The van der Waals surface area contributed by atoms with Crippen molar-refractivity contribution in [2.45, 2.75) is 26.3 Å². The monoisotopic (exact) mass is 201 g/mol. The van der Waals surface area contributed by atoms with Crippen LogP contribution in [0.15, 0.2) is 24.3 Å². The van der Waals surface area contributed by atoms with Crippen molar-refractivity contribution < 1.29 is 0 Å². The van der Waals surface area contributed by atoms with Crippen LogP contribution in [0.1, 0.15) is 25.4 Å². The second kappa shape index (κ2) is 3.28. The highest BCUT2D eigenvalue weighted by Crippen LogP contribution is 2.23. The molecule has 0 spiro atoms. The van der Waals surface area contributed by atoms with Gasteiger partial charge in [0.2, 0.25) is 0 Å². The maximum Gasteiger partial charge on any atom is 0.126 e. The van der Waals surface area contributed by atoms with E-state index in [0.717, 1.165) is 22.4 Å². The Morgan fingerprint density at radius 2 is 1.80 bits per heavy atom. The summed E-state index contributed by atoms with van der Waals surface area (Å²) in [6.45, 7) is 5.81.